The number of nitrogens with one attached hydrogen (secondary N) is 1. The molecule has 40 heavy (non-hydrogen) atoms. The third-order valence-electron chi connectivity index (χ3n) is 6.89. The number of benzene rings is 1. The molecule has 4 aromatic rings. The number of anilines is 2. The summed E-state index contributed by atoms with van der Waals surface area (Å²) in [4.78, 5) is 33.0. The molecule has 1 aliphatic heterocycles. The molecule has 206 valence electrons. The van der Waals surface area contributed by atoms with Crippen LogP contribution in [0.3, 0.4) is 0 Å². The molecule has 1 fully saturated rings. The summed E-state index contributed by atoms with van der Waals surface area (Å²) in [6.07, 6.45) is 2.69. The van der Waals surface area contributed by atoms with Gasteiger partial charge in [-0.2, -0.15) is 5.26 Å². The van der Waals surface area contributed by atoms with Crippen LogP contribution in [0.5, 0.6) is 0 Å². The number of carbonyl (C=O) groups is 1. The van der Waals surface area contributed by atoms with Crippen molar-refractivity contribution in [1.29, 1.82) is 5.26 Å². The van der Waals surface area contributed by atoms with Gasteiger partial charge in [-0.25, -0.2) is 28.7 Å². The first kappa shape index (κ1) is 27.1. The number of halogens is 2. The largest absolute Gasteiger partial charge is 0.339 e. The second-order valence-electron chi connectivity index (χ2n) is 10.0. The van der Waals surface area contributed by atoms with E-state index in [2.05, 4.69) is 30.2 Å². The third kappa shape index (κ3) is 5.60. The van der Waals surface area contributed by atoms with Gasteiger partial charge >= 0.3 is 0 Å². The number of nitrogens with zero attached hydrogens (tertiary/aromatic N) is 8. The molecule has 0 saturated carbocycles. The molecule has 4 heterocycles. The van der Waals surface area contributed by atoms with Crippen LogP contribution in [0.25, 0.3) is 22.3 Å². The highest BCUT2D eigenvalue weighted by molar-refractivity contribution is 5.83. The smallest absolute Gasteiger partial charge is 0.236 e. The normalized spacial score (nSPS) is 14.1. The quantitative estimate of drug-likeness (QED) is 0.364. The molecule has 0 bridgehead atoms. The first-order valence-corrected chi connectivity index (χ1v) is 13.0. The van der Waals surface area contributed by atoms with E-state index < -0.39 is 11.6 Å². The van der Waals surface area contributed by atoms with Crippen molar-refractivity contribution >= 4 is 28.7 Å². The number of fused-ring (bicyclic) bond motifs is 1. The van der Waals surface area contributed by atoms with Gasteiger partial charge in [0.1, 0.15) is 29.3 Å². The predicted molar refractivity (Wildman–Crippen MR) is 145 cm³/mol. The van der Waals surface area contributed by atoms with Crippen LogP contribution in [-0.2, 0) is 11.3 Å². The molecule has 1 amide bonds. The molecule has 1 N–H and O–H groups in total. The maximum Gasteiger partial charge on any atom is 0.236 e. The average molecular weight is 546 g/mol. The zero-order valence-electron chi connectivity index (χ0n) is 22.5. The summed E-state index contributed by atoms with van der Waals surface area (Å²) < 4.78 is 31.7. The van der Waals surface area contributed by atoms with E-state index in [1.165, 1.54) is 6.07 Å². The summed E-state index contributed by atoms with van der Waals surface area (Å²) in [7, 11) is 0. The van der Waals surface area contributed by atoms with Crippen molar-refractivity contribution in [3.63, 3.8) is 0 Å². The number of rotatable bonds is 7. The first-order chi connectivity index (χ1) is 19.2. The number of imidazole rings is 1. The maximum absolute atomic E-state index is 15.0. The summed E-state index contributed by atoms with van der Waals surface area (Å²) >= 11 is 0. The van der Waals surface area contributed by atoms with E-state index in [0.717, 1.165) is 11.8 Å². The van der Waals surface area contributed by atoms with Crippen LogP contribution in [-0.4, -0.2) is 66.4 Å². The van der Waals surface area contributed by atoms with Gasteiger partial charge < -0.3 is 14.8 Å². The van der Waals surface area contributed by atoms with Gasteiger partial charge in [0.25, 0.3) is 0 Å². The molecule has 1 saturated heterocycles. The molecule has 0 atom stereocenters. The minimum absolute atomic E-state index is 0.0310. The van der Waals surface area contributed by atoms with E-state index in [9.17, 15) is 13.6 Å². The van der Waals surface area contributed by atoms with Crippen LogP contribution in [0, 0.1) is 29.9 Å². The number of nitriles is 1. The zero-order chi connectivity index (χ0) is 28.4. The zero-order valence-corrected chi connectivity index (χ0v) is 22.5. The molecule has 1 aromatic carbocycles. The Morgan fingerprint density at radius 3 is 2.52 bits per heavy atom. The van der Waals surface area contributed by atoms with Crippen molar-refractivity contribution in [2.24, 2.45) is 0 Å². The monoisotopic (exact) mass is 545 g/mol. The Hall–Kier alpha value is -4.50. The Bertz CT molecular complexity index is 1590. The van der Waals surface area contributed by atoms with Gasteiger partial charge in [0.05, 0.1) is 17.8 Å². The summed E-state index contributed by atoms with van der Waals surface area (Å²) in [5.41, 5.74) is 2.05. The van der Waals surface area contributed by atoms with E-state index >= 15 is 0 Å². The Kier molecular flexibility index (Phi) is 7.66. The van der Waals surface area contributed by atoms with Gasteiger partial charge in [-0.3, -0.25) is 9.69 Å². The highest BCUT2D eigenvalue weighted by atomic mass is 19.1. The van der Waals surface area contributed by atoms with Gasteiger partial charge in [0.15, 0.2) is 11.6 Å². The number of piperazine rings is 1. The summed E-state index contributed by atoms with van der Waals surface area (Å²) in [6, 6.07) is 8.58. The fourth-order valence-electron chi connectivity index (χ4n) is 4.99. The summed E-state index contributed by atoms with van der Waals surface area (Å²) in [5.74, 6) is -0.0704. The van der Waals surface area contributed by atoms with Gasteiger partial charge in [0, 0.05) is 50.5 Å². The number of carbonyl (C=O) groups excluding carboxylic acids is 1. The van der Waals surface area contributed by atoms with Gasteiger partial charge in [-0.05, 0) is 44.5 Å². The van der Waals surface area contributed by atoms with E-state index in [-0.39, 0.29) is 41.1 Å². The fraction of sp³-hybridized carbons (Fsp3) is 0.357. The van der Waals surface area contributed by atoms with Crippen LogP contribution in [0.4, 0.5) is 20.5 Å². The van der Waals surface area contributed by atoms with E-state index in [4.69, 9.17) is 5.26 Å². The molecule has 1 aliphatic rings. The van der Waals surface area contributed by atoms with Crippen LogP contribution in [0.15, 0.2) is 36.7 Å². The molecule has 0 aliphatic carbocycles. The van der Waals surface area contributed by atoms with Crippen LogP contribution in [0.1, 0.15) is 37.7 Å². The van der Waals surface area contributed by atoms with Crippen LogP contribution < -0.4 is 5.32 Å². The maximum atomic E-state index is 15.0. The molecule has 12 heteroatoms. The number of pyridine rings is 1. The highest BCUT2D eigenvalue weighted by Gasteiger charge is 2.21. The van der Waals surface area contributed by atoms with Gasteiger partial charge in [-0.15, -0.1) is 0 Å². The summed E-state index contributed by atoms with van der Waals surface area (Å²) in [6.45, 7) is 9.05. The molecule has 3 aromatic heterocycles. The molecule has 0 spiro atoms. The van der Waals surface area contributed by atoms with Gasteiger partial charge in [-0.1, -0.05) is 6.07 Å². The van der Waals surface area contributed by atoms with Crippen molar-refractivity contribution in [1.82, 2.24) is 34.3 Å². The van der Waals surface area contributed by atoms with E-state index in [1.54, 1.807) is 23.2 Å². The van der Waals surface area contributed by atoms with E-state index in [1.807, 2.05) is 37.5 Å². The minimum Gasteiger partial charge on any atom is -0.339 e. The average Bonchev–Trinajstić information content (AvgIpc) is 3.28. The number of hydrogen-bond donors (Lipinski definition) is 1. The predicted octanol–water partition coefficient (Wildman–Crippen LogP) is 4.36. The Balaban J connectivity index is 1.29. The second-order valence-corrected chi connectivity index (χ2v) is 10.0. The highest BCUT2D eigenvalue weighted by Crippen LogP contribution is 2.30. The minimum atomic E-state index is -0.672. The first-order valence-electron chi connectivity index (χ1n) is 13.0. The van der Waals surface area contributed by atoms with Crippen molar-refractivity contribution in [2.75, 3.05) is 31.5 Å². The SMILES string of the molecule is Cc1nc2c(F)cc(-c3nc(Nc4ccc(CN5CCN(C(=O)CC#N)CC5)cn4)ncc3F)cc2n1C(C)C. The van der Waals surface area contributed by atoms with Crippen molar-refractivity contribution in [3.8, 4) is 17.3 Å². The van der Waals surface area contributed by atoms with Crippen molar-refractivity contribution < 1.29 is 13.6 Å². The van der Waals surface area contributed by atoms with Crippen molar-refractivity contribution in [3.05, 3.63) is 59.7 Å². The molecular formula is C28H29F2N9O. The number of hydrogen-bond acceptors (Lipinski definition) is 8. The number of aryl methyl sites for hydroxylation is 1. The van der Waals surface area contributed by atoms with Crippen LogP contribution >= 0.6 is 0 Å². The lowest BCUT2D eigenvalue weighted by Crippen LogP contribution is -2.48. The lowest BCUT2D eigenvalue weighted by molar-refractivity contribution is -0.131. The third-order valence-corrected chi connectivity index (χ3v) is 6.89. The Morgan fingerprint density at radius 1 is 1.07 bits per heavy atom. The fourth-order valence-corrected chi connectivity index (χ4v) is 4.99. The molecular weight excluding hydrogens is 516 g/mol. The number of amides is 1. The topological polar surface area (TPSA) is 116 Å². The van der Waals surface area contributed by atoms with Crippen molar-refractivity contribution in [2.45, 2.75) is 39.8 Å². The van der Waals surface area contributed by atoms with Crippen LogP contribution in [0.2, 0.25) is 0 Å². The number of aromatic nitrogens is 5. The Labute approximate surface area is 230 Å². The molecule has 0 radical (unpaired) electrons. The summed E-state index contributed by atoms with van der Waals surface area (Å²) in [5, 5.41) is 11.7. The Morgan fingerprint density at radius 2 is 1.85 bits per heavy atom. The van der Waals surface area contributed by atoms with E-state index in [0.29, 0.717) is 49.9 Å². The van der Waals surface area contributed by atoms with Gasteiger partial charge in [0.2, 0.25) is 11.9 Å². The lowest BCUT2D eigenvalue weighted by Gasteiger charge is -2.34. The molecule has 0 unspecified atom stereocenters. The molecule has 10 nitrogen and oxygen atoms in total. The molecule has 5 rings (SSSR count). The standard InChI is InChI=1S/C28H29F2N9O/c1-17(2)39-18(3)34-27-21(29)12-20(13-23(27)39)26-22(30)15-33-28(36-26)35-24-5-4-19(14-32-24)16-37-8-10-38(11-9-37)25(40)6-7-31/h4-5,12-15,17H,6,8-11,16H2,1-3H3,(H,32,33,35,36). The second kappa shape index (κ2) is 11.3. The lowest BCUT2D eigenvalue weighted by atomic mass is 10.1.